The molecule has 9 nitrogen and oxygen atoms in total. The van der Waals surface area contributed by atoms with E-state index in [-0.39, 0.29) is 17.9 Å². The zero-order valence-corrected chi connectivity index (χ0v) is 27.0. The fourth-order valence-electron chi connectivity index (χ4n) is 7.01. The van der Waals surface area contributed by atoms with Crippen molar-refractivity contribution >= 4 is 35.0 Å². The minimum absolute atomic E-state index is 0.0235. The molecular formula is C35H49N5O4. The Morgan fingerprint density at radius 1 is 0.977 bits per heavy atom. The number of nitrogens with zero attached hydrogens (tertiary/aromatic N) is 5. The lowest BCUT2D eigenvalue weighted by Gasteiger charge is -2.55. The summed E-state index contributed by atoms with van der Waals surface area (Å²) in [5.74, 6) is 1.30. The van der Waals surface area contributed by atoms with E-state index in [1.165, 1.54) is 31.0 Å². The molecule has 6 rings (SSSR count). The maximum absolute atomic E-state index is 14.2. The molecule has 4 aliphatic rings. The zero-order chi connectivity index (χ0) is 31.2. The van der Waals surface area contributed by atoms with E-state index in [9.17, 15) is 9.59 Å². The number of aromatic nitrogens is 1. The Kier molecular flexibility index (Phi) is 10.6. The van der Waals surface area contributed by atoms with Gasteiger partial charge in [0.2, 0.25) is 5.91 Å². The number of rotatable bonds is 12. The van der Waals surface area contributed by atoms with E-state index in [1.807, 2.05) is 11.0 Å². The molecule has 1 aromatic heterocycles. The van der Waals surface area contributed by atoms with E-state index >= 15 is 0 Å². The summed E-state index contributed by atoms with van der Waals surface area (Å²) in [5.41, 5.74) is 4.04. The summed E-state index contributed by atoms with van der Waals surface area (Å²) in [6.45, 7) is 4.36. The Morgan fingerprint density at radius 2 is 1.68 bits per heavy atom. The Bertz CT molecular complexity index is 1280. The number of hydrogen-bond donors (Lipinski definition) is 0. The first kappa shape index (κ1) is 32.0. The number of benzene rings is 1. The molecule has 2 aromatic rings. The number of amides is 1. The number of anilines is 3. The number of piperidine rings is 2. The standard InChI is InChI=1S/C35H49N5O4/c1-37(2)16-17-44-32-13-7-26(8-14-32)35(42)40(31-18-25(20-36-21-31)6-15-34(41)43-5)24-33-27-19-28(33)23-39(22-27)30-11-9-29(10-12-30)38(3)4/h6,9-12,15,18,20-21,26-28,32-33H,7-8,13-14,16-17,19,22-24H2,1-5H3/b15-6+. The van der Waals surface area contributed by atoms with Crippen LogP contribution in [0.15, 0.2) is 48.8 Å². The first-order valence-electron chi connectivity index (χ1n) is 16.0. The molecule has 2 bridgehead atoms. The number of ether oxygens (including phenoxy) is 2. The van der Waals surface area contributed by atoms with Crippen LogP contribution in [0.5, 0.6) is 0 Å². The molecule has 1 amide bonds. The molecule has 0 spiro atoms. The number of fused-ring (bicyclic) bond motifs is 2. The first-order chi connectivity index (χ1) is 21.2. The van der Waals surface area contributed by atoms with Gasteiger partial charge in [-0.05, 0) is 106 Å². The lowest BCUT2D eigenvalue weighted by molar-refractivity contribution is -0.134. The minimum atomic E-state index is -0.420. The average Bonchev–Trinajstić information content (AvgIpc) is 3.04. The molecule has 1 aromatic carbocycles. The van der Waals surface area contributed by atoms with Gasteiger partial charge in [-0.3, -0.25) is 9.78 Å². The molecule has 44 heavy (non-hydrogen) atoms. The molecule has 3 heterocycles. The Morgan fingerprint density at radius 3 is 2.32 bits per heavy atom. The van der Waals surface area contributed by atoms with Crippen LogP contribution in [0.25, 0.3) is 6.08 Å². The molecule has 2 atom stereocenters. The highest BCUT2D eigenvalue weighted by molar-refractivity contribution is 5.95. The molecule has 9 heteroatoms. The minimum Gasteiger partial charge on any atom is -0.466 e. The van der Waals surface area contributed by atoms with E-state index < -0.39 is 5.97 Å². The van der Waals surface area contributed by atoms with Crippen LogP contribution in [0.1, 0.15) is 37.7 Å². The van der Waals surface area contributed by atoms with Gasteiger partial charge in [0.1, 0.15) is 0 Å². The van der Waals surface area contributed by atoms with Crippen LogP contribution < -0.4 is 14.7 Å². The van der Waals surface area contributed by atoms with Crippen LogP contribution >= 0.6 is 0 Å². The predicted molar refractivity (Wildman–Crippen MR) is 176 cm³/mol. The largest absolute Gasteiger partial charge is 0.466 e. The van der Waals surface area contributed by atoms with Gasteiger partial charge in [0.05, 0.1) is 31.7 Å². The van der Waals surface area contributed by atoms with Gasteiger partial charge in [0.25, 0.3) is 0 Å². The number of pyridine rings is 1. The molecule has 238 valence electrons. The smallest absolute Gasteiger partial charge is 0.330 e. The maximum Gasteiger partial charge on any atom is 0.330 e. The van der Waals surface area contributed by atoms with Gasteiger partial charge in [-0.15, -0.1) is 0 Å². The van der Waals surface area contributed by atoms with Gasteiger partial charge in [-0.1, -0.05) is 0 Å². The molecule has 0 radical (unpaired) electrons. The molecule has 4 fully saturated rings. The lowest BCUT2D eigenvalue weighted by atomic mass is 9.61. The fourth-order valence-corrected chi connectivity index (χ4v) is 7.01. The van der Waals surface area contributed by atoms with Crippen LogP contribution in [-0.4, -0.2) is 96.0 Å². The number of carbonyl (C=O) groups excluding carboxylic acids is 2. The number of carbonyl (C=O) groups is 2. The summed E-state index contributed by atoms with van der Waals surface area (Å²) < 4.78 is 10.9. The van der Waals surface area contributed by atoms with Gasteiger partial charge >= 0.3 is 5.97 Å². The highest BCUT2D eigenvalue weighted by Gasteiger charge is 2.48. The summed E-state index contributed by atoms with van der Waals surface area (Å²) in [4.78, 5) is 39.2. The highest BCUT2D eigenvalue weighted by atomic mass is 16.5. The van der Waals surface area contributed by atoms with Crippen LogP contribution in [-0.2, 0) is 19.1 Å². The number of esters is 1. The second kappa shape index (κ2) is 14.6. The third-order valence-electron chi connectivity index (χ3n) is 9.70. The molecular weight excluding hydrogens is 554 g/mol. The van der Waals surface area contributed by atoms with E-state index in [4.69, 9.17) is 9.47 Å². The molecule has 2 saturated carbocycles. The van der Waals surface area contributed by atoms with Crippen molar-refractivity contribution in [3.63, 3.8) is 0 Å². The number of methoxy groups -OCH3 is 1. The summed E-state index contributed by atoms with van der Waals surface area (Å²) in [5, 5.41) is 0. The van der Waals surface area contributed by atoms with E-state index in [0.717, 1.165) is 63.2 Å². The molecule has 2 aliphatic heterocycles. The van der Waals surface area contributed by atoms with Gasteiger partial charge in [-0.2, -0.15) is 0 Å². The third kappa shape index (κ3) is 7.80. The summed E-state index contributed by atoms with van der Waals surface area (Å²) in [7, 11) is 9.60. The third-order valence-corrected chi connectivity index (χ3v) is 9.70. The topological polar surface area (TPSA) is 78.5 Å². The molecule has 2 aliphatic carbocycles. The second-order valence-corrected chi connectivity index (χ2v) is 13.2. The van der Waals surface area contributed by atoms with E-state index in [2.05, 4.69) is 72.1 Å². The predicted octanol–water partition coefficient (Wildman–Crippen LogP) is 4.58. The van der Waals surface area contributed by atoms with Crippen LogP contribution in [0.4, 0.5) is 17.1 Å². The molecule has 0 N–H and O–H groups in total. The van der Waals surface area contributed by atoms with Gasteiger partial charge in [0, 0.05) is 69.8 Å². The van der Waals surface area contributed by atoms with Crippen LogP contribution in [0, 0.1) is 23.7 Å². The first-order valence-corrected chi connectivity index (χ1v) is 16.0. The van der Waals surface area contributed by atoms with Gasteiger partial charge < -0.3 is 29.1 Å². The van der Waals surface area contributed by atoms with Crippen molar-refractivity contribution in [3.05, 3.63) is 54.4 Å². The van der Waals surface area contributed by atoms with Crippen molar-refractivity contribution in [2.45, 2.75) is 38.2 Å². The van der Waals surface area contributed by atoms with E-state index in [0.29, 0.717) is 24.3 Å². The molecule has 2 unspecified atom stereocenters. The summed E-state index contributed by atoms with van der Waals surface area (Å²) >= 11 is 0. The van der Waals surface area contributed by atoms with Crippen LogP contribution in [0.2, 0.25) is 0 Å². The van der Waals surface area contributed by atoms with Crippen LogP contribution in [0.3, 0.4) is 0 Å². The van der Waals surface area contributed by atoms with Gasteiger partial charge in [0.15, 0.2) is 0 Å². The van der Waals surface area contributed by atoms with Crippen molar-refractivity contribution in [1.82, 2.24) is 9.88 Å². The number of likely N-dealkylation sites (N-methyl/N-ethyl adjacent to an activating group) is 1. The van der Waals surface area contributed by atoms with Crippen molar-refractivity contribution in [1.29, 1.82) is 0 Å². The van der Waals surface area contributed by atoms with Crippen molar-refractivity contribution in [2.75, 3.05) is 82.8 Å². The normalized spacial score (nSPS) is 24.7. The fraction of sp³-hybridized carbons (Fsp3) is 0.571. The van der Waals surface area contributed by atoms with Gasteiger partial charge in [-0.25, -0.2) is 4.79 Å². The van der Waals surface area contributed by atoms with E-state index in [1.54, 1.807) is 18.5 Å². The highest BCUT2D eigenvalue weighted by Crippen LogP contribution is 2.47. The lowest BCUT2D eigenvalue weighted by Crippen LogP contribution is -2.59. The van der Waals surface area contributed by atoms with Crippen molar-refractivity contribution < 1.29 is 19.1 Å². The Labute approximate surface area is 262 Å². The SMILES string of the molecule is COC(=O)/C=C/c1cncc(N(CC2C3CC2CN(c2ccc(N(C)C)cc2)C3)C(=O)C2CCC(OCCN(C)C)CC2)c1. The number of hydrogen-bond acceptors (Lipinski definition) is 8. The summed E-state index contributed by atoms with van der Waals surface area (Å²) in [6.07, 6.45) is 11.5. The second-order valence-electron chi connectivity index (χ2n) is 13.2. The summed E-state index contributed by atoms with van der Waals surface area (Å²) in [6, 6.07) is 10.8. The zero-order valence-electron chi connectivity index (χ0n) is 27.0. The Balaban J connectivity index is 1.28. The monoisotopic (exact) mass is 603 g/mol. The van der Waals surface area contributed by atoms with Crippen molar-refractivity contribution in [2.24, 2.45) is 23.7 Å². The quantitative estimate of drug-likeness (QED) is 0.258. The molecule has 2 saturated heterocycles. The van der Waals surface area contributed by atoms with Crippen molar-refractivity contribution in [3.8, 4) is 0 Å². The average molecular weight is 604 g/mol. The Hall–Kier alpha value is -3.43. The maximum atomic E-state index is 14.2.